The van der Waals surface area contributed by atoms with Crippen LogP contribution in [0.5, 0.6) is 0 Å². The molecule has 0 bridgehead atoms. The molecule has 4 heterocycles. The molecule has 1 aliphatic heterocycles. The van der Waals surface area contributed by atoms with E-state index >= 15 is 0 Å². The Morgan fingerprint density at radius 1 is 1.30 bits per heavy atom. The molecule has 1 N–H and O–H groups in total. The second-order valence-corrected chi connectivity index (χ2v) is 8.74. The third kappa shape index (κ3) is 4.21. The summed E-state index contributed by atoms with van der Waals surface area (Å²) in [6, 6.07) is 3.47. The number of aromatic nitrogens is 4. The van der Waals surface area contributed by atoms with E-state index in [1.165, 1.54) is 10.4 Å². The van der Waals surface area contributed by atoms with E-state index in [0.717, 1.165) is 24.2 Å². The Hall–Kier alpha value is -2.81. The molecule has 0 spiro atoms. The lowest BCUT2D eigenvalue weighted by atomic mass is 10.1. The molecular formula is C21H26N6O2S. The number of carbonyl (C=O) groups excluding carboxylic acids is 2. The van der Waals surface area contributed by atoms with Crippen LogP contribution in [0.4, 0.5) is 0 Å². The molecule has 0 aliphatic carbocycles. The summed E-state index contributed by atoms with van der Waals surface area (Å²) >= 11 is 1.74. The van der Waals surface area contributed by atoms with Crippen LogP contribution in [0.2, 0.25) is 0 Å². The highest BCUT2D eigenvalue weighted by Gasteiger charge is 2.28. The van der Waals surface area contributed by atoms with Gasteiger partial charge in [0.2, 0.25) is 11.8 Å². The molecule has 0 radical (unpaired) electrons. The Kier molecular flexibility index (Phi) is 5.80. The lowest BCUT2D eigenvalue weighted by Crippen LogP contribution is -2.50. The predicted molar refractivity (Wildman–Crippen MR) is 114 cm³/mol. The summed E-state index contributed by atoms with van der Waals surface area (Å²) in [5.41, 5.74) is 2.98. The van der Waals surface area contributed by atoms with Crippen LogP contribution in [0.1, 0.15) is 47.4 Å². The van der Waals surface area contributed by atoms with Crippen LogP contribution in [0.15, 0.2) is 17.5 Å². The number of thiophene rings is 1. The van der Waals surface area contributed by atoms with Crippen molar-refractivity contribution in [1.29, 1.82) is 0 Å². The maximum Gasteiger partial charge on any atom is 0.252 e. The Bertz CT molecular complexity index is 1090. The SMILES string of the molecule is CCCC(NC(=O)Cc1nc2nc(C)cc(C)n2n1)C(=O)N1CCc2sccc2C1. The summed E-state index contributed by atoms with van der Waals surface area (Å²) in [4.78, 5) is 37.7. The van der Waals surface area contributed by atoms with E-state index in [1.807, 2.05) is 31.7 Å². The number of hydrogen-bond acceptors (Lipinski definition) is 6. The van der Waals surface area contributed by atoms with Crippen molar-refractivity contribution in [2.45, 2.75) is 59.0 Å². The molecule has 1 aliphatic rings. The van der Waals surface area contributed by atoms with E-state index < -0.39 is 6.04 Å². The fourth-order valence-electron chi connectivity index (χ4n) is 3.87. The Balaban J connectivity index is 1.43. The average molecular weight is 427 g/mol. The van der Waals surface area contributed by atoms with Crippen molar-refractivity contribution >= 4 is 28.9 Å². The topological polar surface area (TPSA) is 92.5 Å². The fraction of sp³-hybridized carbons (Fsp3) is 0.476. The van der Waals surface area contributed by atoms with Crippen LogP contribution in [-0.4, -0.2) is 48.9 Å². The van der Waals surface area contributed by atoms with Crippen molar-refractivity contribution < 1.29 is 9.59 Å². The third-order valence-electron chi connectivity index (χ3n) is 5.31. The van der Waals surface area contributed by atoms with Gasteiger partial charge in [0.15, 0.2) is 5.82 Å². The molecule has 0 fully saturated rings. The van der Waals surface area contributed by atoms with E-state index in [4.69, 9.17) is 0 Å². The standard InChI is InChI=1S/C21H26N6O2S/c1-4-5-16(20(29)26-8-6-17-15(12-26)7-9-30-17)23-19(28)11-18-24-21-22-13(2)10-14(3)27(21)25-18/h7,9-10,16H,4-6,8,11-12H2,1-3H3,(H,23,28). The summed E-state index contributed by atoms with van der Waals surface area (Å²) in [5, 5.41) is 9.38. The van der Waals surface area contributed by atoms with Crippen molar-refractivity contribution in [2.75, 3.05) is 6.54 Å². The molecule has 3 aromatic rings. The molecule has 1 atom stereocenters. The van der Waals surface area contributed by atoms with Crippen molar-refractivity contribution in [3.05, 3.63) is 45.2 Å². The van der Waals surface area contributed by atoms with Gasteiger partial charge in [-0.1, -0.05) is 13.3 Å². The van der Waals surface area contributed by atoms with Gasteiger partial charge < -0.3 is 10.2 Å². The highest BCUT2D eigenvalue weighted by molar-refractivity contribution is 7.10. The number of carbonyl (C=O) groups is 2. The van der Waals surface area contributed by atoms with Gasteiger partial charge in [-0.15, -0.1) is 16.4 Å². The molecule has 30 heavy (non-hydrogen) atoms. The molecule has 1 unspecified atom stereocenters. The van der Waals surface area contributed by atoms with E-state index in [1.54, 1.807) is 15.9 Å². The first-order valence-electron chi connectivity index (χ1n) is 10.3. The summed E-state index contributed by atoms with van der Waals surface area (Å²) in [6.45, 7) is 7.15. The molecule has 158 valence electrons. The quantitative estimate of drug-likeness (QED) is 0.652. The third-order valence-corrected chi connectivity index (χ3v) is 6.33. The lowest BCUT2D eigenvalue weighted by molar-refractivity contribution is -0.137. The first-order valence-corrected chi connectivity index (χ1v) is 11.2. The largest absolute Gasteiger partial charge is 0.344 e. The molecule has 0 aromatic carbocycles. The number of hydrogen-bond donors (Lipinski definition) is 1. The molecule has 4 rings (SSSR count). The Morgan fingerprint density at radius 2 is 2.13 bits per heavy atom. The summed E-state index contributed by atoms with van der Waals surface area (Å²) in [7, 11) is 0. The van der Waals surface area contributed by atoms with Crippen molar-refractivity contribution in [3.63, 3.8) is 0 Å². The minimum Gasteiger partial charge on any atom is -0.344 e. The van der Waals surface area contributed by atoms with E-state index in [2.05, 4.69) is 31.8 Å². The van der Waals surface area contributed by atoms with Gasteiger partial charge >= 0.3 is 0 Å². The summed E-state index contributed by atoms with van der Waals surface area (Å²) in [5.74, 6) is 0.618. The second-order valence-electron chi connectivity index (χ2n) is 7.74. The normalized spacial score (nSPS) is 14.6. The minimum absolute atomic E-state index is 0.0156. The van der Waals surface area contributed by atoms with E-state index in [-0.39, 0.29) is 18.2 Å². The maximum atomic E-state index is 13.1. The summed E-state index contributed by atoms with van der Waals surface area (Å²) in [6.07, 6.45) is 2.31. The van der Waals surface area contributed by atoms with Gasteiger partial charge in [-0.2, -0.15) is 4.98 Å². The smallest absolute Gasteiger partial charge is 0.252 e. The number of nitrogens with one attached hydrogen (secondary N) is 1. The van der Waals surface area contributed by atoms with Gasteiger partial charge in [0, 0.05) is 29.4 Å². The summed E-state index contributed by atoms with van der Waals surface area (Å²) < 4.78 is 1.64. The molecule has 8 nitrogen and oxygen atoms in total. The van der Waals surface area contributed by atoms with Crippen LogP contribution < -0.4 is 5.32 Å². The van der Waals surface area contributed by atoms with Crippen LogP contribution in [-0.2, 0) is 29.0 Å². The molecule has 0 saturated heterocycles. The number of nitrogens with zero attached hydrogens (tertiary/aromatic N) is 5. The fourth-order valence-corrected chi connectivity index (χ4v) is 4.76. The zero-order valence-corrected chi connectivity index (χ0v) is 18.3. The van der Waals surface area contributed by atoms with Gasteiger partial charge in [0.1, 0.15) is 6.04 Å². The number of aryl methyl sites for hydroxylation is 2. The molecule has 3 aromatic heterocycles. The van der Waals surface area contributed by atoms with Crippen LogP contribution >= 0.6 is 11.3 Å². The maximum absolute atomic E-state index is 13.1. The van der Waals surface area contributed by atoms with Crippen molar-refractivity contribution in [3.8, 4) is 0 Å². The first-order chi connectivity index (χ1) is 14.4. The van der Waals surface area contributed by atoms with Crippen LogP contribution in [0, 0.1) is 13.8 Å². The number of rotatable bonds is 6. The highest BCUT2D eigenvalue weighted by Crippen LogP contribution is 2.24. The molecule has 9 heteroatoms. The zero-order valence-electron chi connectivity index (χ0n) is 17.5. The number of amides is 2. The van der Waals surface area contributed by atoms with Gasteiger partial charge in [0.05, 0.1) is 6.42 Å². The monoisotopic (exact) mass is 426 g/mol. The predicted octanol–water partition coefficient (Wildman–Crippen LogP) is 2.21. The Labute approximate surface area is 179 Å². The molecular weight excluding hydrogens is 400 g/mol. The highest BCUT2D eigenvalue weighted by atomic mass is 32.1. The van der Waals surface area contributed by atoms with E-state index in [0.29, 0.717) is 31.1 Å². The van der Waals surface area contributed by atoms with Crippen LogP contribution in [0.3, 0.4) is 0 Å². The van der Waals surface area contributed by atoms with Gasteiger partial charge in [-0.05, 0) is 49.8 Å². The molecule has 2 amide bonds. The second kappa shape index (κ2) is 8.51. The van der Waals surface area contributed by atoms with Gasteiger partial charge in [0.25, 0.3) is 5.78 Å². The molecule has 0 saturated carbocycles. The van der Waals surface area contributed by atoms with Crippen LogP contribution in [0.25, 0.3) is 5.78 Å². The number of fused-ring (bicyclic) bond motifs is 2. The minimum atomic E-state index is -0.526. The van der Waals surface area contributed by atoms with E-state index in [9.17, 15) is 9.59 Å². The van der Waals surface area contributed by atoms with Gasteiger partial charge in [-0.3, -0.25) is 9.59 Å². The average Bonchev–Trinajstić information content (AvgIpc) is 3.32. The van der Waals surface area contributed by atoms with Crippen molar-refractivity contribution in [1.82, 2.24) is 29.8 Å². The van der Waals surface area contributed by atoms with Crippen molar-refractivity contribution in [2.24, 2.45) is 0 Å². The lowest BCUT2D eigenvalue weighted by Gasteiger charge is -2.30. The zero-order chi connectivity index (χ0) is 21.3. The van der Waals surface area contributed by atoms with Gasteiger partial charge in [-0.25, -0.2) is 9.50 Å². The first kappa shape index (κ1) is 20.5. The Morgan fingerprint density at radius 3 is 2.93 bits per heavy atom.